The number of rotatable bonds is 3. The average molecular weight is 182 g/mol. The zero-order valence-corrected chi connectivity index (χ0v) is 7.64. The molecular weight excluding hydrogens is 172 g/mol. The van der Waals surface area contributed by atoms with E-state index in [1.165, 1.54) is 18.7 Å². The summed E-state index contributed by atoms with van der Waals surface area (Å²) >= 11 is 1.51. The van der Waals surface area contributed by atoms with E-state index in [1.807, 2.05) is 30.3 Å². The molecule has 1 aromatic carbocycles. The second kappa shape index (κ2) is 4.83. The molecule has 0 aromatic heterocycles. The molecule has 3 heteroatoms. The van der Waals surface area contributed by atoms with Crippen LogP contribution in [0, 0.1) is 0 Å². The average Bonchev–Trinajstić information content (AvgIpc) is 2.05. The molecule has 0 unspecified atom stereocenters. The molecule has 0 aliphatic heterocycles. The van der Waals surface area contributed by atoms with E-state index in [9.17, 15) is 4.79 Å². The molecule has 0 N–H and O–H groups in total. The van der Waals surface area contributed by atoms with Gasteiger partial charge >= 0.3 is 5.97 Å². The van der Waals surface area contributed by atoms with Crippen molar-refractivity contribution in [1.29, 1.82) is 0 Å². The Morgan fingerprint density at radius 1 is 1.42 bits per heavy atom. The van der Waals surface area contributed by atoms with E-state index >= 15 is 0 Å². The molecule has 0 radical (unpaired) electrons. The molecule has 0 saturated heterocycles. The predicted octanol–water partition coefficient (Wildman–Crippen LogP) is 2.30. The van der Waals surface area contributed by atoms with E-state index in [4.69, 9.17) is 4.74 Å². The fraction of sp³-hybridized carbons (Fsp3) is 0.222. The van der Waals surface area contributed by atoms with Crippen molar-refractivity contribution < 1.29 is 9.53 Å². The van der Waals surface area contributed by atoms with Crippen LogP contribution in [0.25, 0.3) is 0 Å². The lowest BCUT2D eigenvalue weighted by atomic mass is 10.4. The summed E-state index contributed by atoms with van der Waals surface area (Å²) in [6.45, 7) is 1.41. The Labute approximate surface area is 75.9 Å². The van der Waals surface area contributed by atoms with Crippen molar-refractivity contribution in [2.75, 3.05) is 5.94 Å². The van der Waals surface area contributed by atoms with Gasteiger partial charge in [0.2, 0.25) is 0 Å². The number of hydrogen-bond donors (Lipinski definition) is 0. The lowest BCUT2D eigenvalue weighted by Crippen LogP contribution is -1.96. The van der Waals surface area contributed by atoms with Gasteiger partial charge in [-0.05, 0) is 12.1 Å². The van der Waals surface area contributed by atoms with Gasteiger partial charge in [-0.15, -0.1) is 0 Å². The van der Waals surface area contributed by atoms with Crippen LogP contribution in [0.15, 0.2) is 35.2 Å². The minimum atomic E-state index is -0.238. The number of carbonyl (C=O) groups is 1. The summed E-state index contributed by atoms with van der Waals surface area (Å²) in [6, 6.07) is 9.82. The van der Waals surface area contributed by atoms with Gasteiger partial charge in [-0.25, -0.2) is 0 Å². The first-order valence-electron chi connectivity index (χ1n) is 3.60. The second-order valence-electron chi connectivity index (χ2n) is 2.21. The minimum Gasteiger partial charge on any atom is -0.454 e. The van der Waals surface area contributed by atoms with Crippen molar-refractivity contribution in [2.45, 2.75) is 11.8 Å². The Kier molecular flexibility index (Phi) is 3.67. The number of carbonyl (C=O) groups excluding carboxylic acids is 1. The van der Waals surface area contributed by atoms with Crippen LogP contribution in [0.2, 0.25) is 0 Å². The van der Waals surface area contributed by atoms with E-state index in [1.54, 1.807) is 0 Å². The molecule has 1 rings (SSSR count). The molecule has 2 nitrogen and oxygen atoms in total. The third kappa shape index (κ3) is 3.44. The predicted molar refractivity (Wildman–Crippen MR) is 48.9 cm³/mol. The lowest BCUT2D eigenvalue weighted by Gasteiger charge is -2.00. The van der Waals surface area contributed by atoms with Crippen LogP contribution in [0.3, 0.4) is 0 Å². The van der Waals surface area contributed by atoms with Crippen LogP contribution in [0.4, 0.5) is 0 Å². The van der Waals surface area contributed by atoms with E-state index in [0.29, 0.717) is 5.94 Å². The Morgan fingerprint density at radius 3 is 2.67 bits per heavy atom. The van der Waals surface area contributed by atoms with E-state index in [2.05, 4.69) is 0 Å². The van der Waals surface area contributed by atoms with E-state index in [-0.39, 0.29) is 5.97 Å². The van der Waals surface area contributed by atoms with Crippen LogP contribution < -0.4 is 0 Å². The smallest absolute Gasteiger partial charge is 0.303 e. The first-order valence-corrected chi connectivity index (χ1v) is 4.59. The number of benzene rings is 1. The van der Waals surface area contributed by atoms with Gasteiger partial charge in [0.15, 0.2) is 0 Å². The SMILES string of the molecule is CC(=O)OCSc1ccccc1. The Hall–Kier alpha value is -0.960. The van der Waals surface area contributed by atoms with Gasteiger partial charge in [0, 0.05) is 11.8 Å². The Balaban J connectivity index is 2.29. The molecule has 64 valence electrons. The van der Waals surface area contributed by atoms with E-state index < -0.39 is 0 Å². The molecule has 12 heavy (non-hydrogen) atoms. The number of hydrogen-bond acceptors (Lipinski definition) is 3. The molecule has 0 fully saturated rings. The van der Waals surface area contributed by atoms with E-state index in [0.717, 1.165) is 4.90 Å². The normalized spacial score (nSPS) is 9.42. The maximum atomic E-state index is 10.4. The highest BCUT2D eigenvalue weighted by molar-refractivity contribution is 7.99. The van der Waals surface area contributed by atoms with Crippen molar-refractivity contribution in [3.8, 4) is 0 Å². The molecule has 0 amide bonds. The maximum Gasteiger partial charge on any atom is 0.303 e. The quantitative estimate of drug-likeness (QED) is 0.407. The molecule has 0 bridgehead atoms. The highest BCUT2D eigenvalue weighted by Gasteiger charge is 1.94. The maximum absolute atomic E-state index is 10.4. The van der Waals surface area contributed by atoms with Crippen LogP contribution in [-0.2, 0) is 9.53 Å². The first-order chi connectivity index (χ1) is 5.79. The monoisotopic (exact) mass is 182 g/mol. The first kappa shape index (κ1) is 9.13. The fourth-order valence-corrected chi connectivity index (χ4v) is 1.41. The van der Waals surface area contributed by atoms with Gasteiger partial charge in [-0.2, -0.15) is 0 Å². The highest BCUT2D eigenvalue weighted by atomic mass is 32.2. The van der Waals surface area contributed by atoms with Crippen molar-refractivity contribution in [3.05, 3.63) is 30.3 Å². The van der Waals surface area contributed by atoms with Crippen molar-refractivity contribution >= 4 is 17.7 Å². The molecule has 0 aliphatic rings. The summed E-state index contributed by atoms with van der Waals surface area (Å²) in [5.74, 6) is 0.151. The summed E-state index contributed by atoms with van der Waals surface area (Å²) in [5.41, 5.74) is 0. The number of ether oxygens (including phenoxy) is 1. The van der Waals surface area contributed by atoms with Crippen LogP contribution >= 0.6 is 11.8 Å². The van der Waals surface area contributed by atoms with Crippen molar-refractivity contribution in [2.24, 2.45) is 0 Å². The summed E-state index contributed by atoms with van der Waals surface area (Å²) in [4.78, 5) is 11.5. The van der Waals surface area contributed by atoms with Gasteiger partial charge < -0.3 is 4.74 Å². The largest absolute Gasteiger partial charge is 0.454 e. The summed E-state index contributed by atoms with van der Waals surface area (Å²) in [6.07, 6.45) is 0. The van der Waals surface area contributed by atoms with Crippen LogP contribution in [0.1, 0.15) is 6.92 Å². The molecule has 0 atom stereocenters. The number of esters is 1. The Morgan fingerprint density at radius 2 is 2.08 bits per heavy atom. The summed E-state index contributed by atoms with van der Waals surface area (Å²) in [7, 11) is 0. The highest BCUT2D eigenvalue weighted by Crippen LogP contribution is 2.16. The third-order valence-electron chi connectivity index (χ3n) is 1.23. The minimum absolute atomic E-state index is 0.238. The summed E-state index contributed by atoms with van der Waals surface area (Å²) < 4.78 is 4.77. The molecular formula is C9H10O2S. The van der Waals surface area contributed by atoms with Gasteiger partial charge in [0.05, 0.1) is 0 Å². The van der Waals surface area contributed by atoms with Gasteiger partial charge in [-0.3, -0.25) is 4.79 Å². The van der Waals surface area contributed by atoms with Crippen LogP contribution in [0.5, 0.6) is 0 Å². The topological polar surface area (TPSA) is 26.3 Å². The second-order valence-corrected chi connectivity index (χ2v) is 3.21. The van der Waals surface area contributed by atoms with Gasteiger partial charge in [0.1, 0.15) is 5.94 Å². The standard InChI is InChI=1S/C9H10O2S/c1-8(10)11-7-12-9-5-3-2-4-6-9/h2-6H,7H2,1H3. The zero-order valence-electron chi connectivity index (χ0n) is 6.82. The summed E-state index contributed by atoms with van der Waals surface area (Å²) in [5, 5.41) is 0. The van der Waals surface area contributed by atoms with Crippen LogP contribution in [-0.4, -0.2) is 11.9 Å². The fourth-order valence-electron chi connectivity index (χ4n) is 0.697. The van der Waals surface area contributed by atoms with Gasteiger partial charge in [0.25, 0.3) is 0 Å². The molecule has 0 heterocycles. The zero-order chi connectivity index (χ0) is 8.81. The lowest BCUT2D eigenvalue weighted by molar-refractivity contribution is -0.138. The number of thioether (sulfide) groups is 1. The Bertz CT molecular complexity index is 246. The van der Waals surface area contributed by atoms with Gasteiger partial charge in [-0.1, -0.05) is 30.0 Å². The molecule has 0 saturated carbocycles. The molecule has 0 aliphatic carbocycles. The molecule has 0 spiro atoms. The third-order valence-corrected chi connectivity index (χ3v) is 2.07. The molecule has 1 aromatic rings. The van der Waals surface area contributed by atoms with Crippen molar-refractivity contribution in [3.63, 3.8) is 0 Å². The van der Waals surface area contributed by atoms with Crippen molar-refractivity contribution in [1.82, 2.24) is 0 Å².